The summed E-state index contributed by atoms with van der Waals surface area (Å²) in [5.41, 5.74) is 1.99. The van der Waals surface area contributed by atoms with Crippen molar-refractivity contribution >= 4 is 23.5 Å². The molecule has 9 nitrogen and oxygen atoms in total. The normalized spacial score (nSPS) is 10.4. The molecule has 2 aromatic carbocycles. The van der Waals surface area contributed by atoms with E-state index in [9.17, 15) is 14.7 Å². The Hall–Kier alpha value is -4.14. The zero-order valence-electron chi connectivity index (χ0n) is 18.7. The average Bonchev–Trinajstić information content (AvgIpc) is 2.81. The quantitative estimate of drug-likeness (QED) is 0.302. The second-order valence-electron chi connectivity index (χ2n) is 7.42. The Kier molecular flexibility index (Phi) is 8.18. The Morgan fingerprint density at radius 2 is 1.48 bits per heavy atom. The number of anilines is 2. The van der Waals surface area contributed by atoms with E-state index in [0.29, 0.717) is 54.8 Å². The van der Waals surface area contributed by atoms with E-state index in [0.717, 1.165) is 5.56 Å². The van der Waals surface area contributed by atoms with Crippen LogP contribution in [-0.2, 0) is 4.79 Å². The molecule has 33 heavy (non-hydrogen) atoms. The molecule has 5 N–H and O–H groups in total. The highest BCUT2D eigenvalue weighted by Gasteiger charge is 2.09. The summed E-state index contributed by atoms with van der Waals surface area (Å²) < 4.78 is 0. The summed E-state index contributed by atoms with van der Waals surface area (Å²) in [5, 5.41) is 21.7. The molecule has 0 unspecified atom stereocenters. The van der Waals surface area contributed by atoms with Gasteiger partial charge in [0, 0.05) is 50.3 Å². The molecule has 0 aliphatic heterocycles. The van der Waals surface area contributed by atoms with E-state index in [2.05, 4.69) is 31.2 Å². The van der Waals surface area contributed by atoms with Crippen LogP contribution >= 0.6 is 0 Å². The number of hydrogen-bond donors (Lipinski definition) is 5. The molecular formula is C24H28N6O3. The van der Waals surface area contributed by atoms with Crippen molar-refractivity contribution in [2.45, 2.75) is 13.8 Å². The number of nitrogens with one attached hydrogen (secondary N) is 4. The molecule has 0 bridgehead atoms. The summed E-state index contributed by atoms with van der Waals surface area (Å²) in [6.07, 6.45) is 0. The molecule has 0 radical (unpaired) electrons. The lowest BCUT2D eigenvalue weighted by Gasteiger charge is -2.12. The molecule has 9 heteroatoms. The van der Waals surface area contributed by atoms with E-state index < -0.39 is 0 Å². The van der Waals surface area contributed by atoms with Gasteiger partial charge in [0.1, 0.15) is 17.4 Å². The Morgan fingerprint density at radius 3 is 2.09 bits per heavy atom. The summed E-state index contributed by atoms with van der Waals surface area (Å²) in [6.45, 7) is 5.05. The lowest BCUT2D eigenvalue weighted by atomic mass is 10.1. The van der Waals surface area contributed by atoms with Crippen molar-refractivity contribution in [1.29, 1.82) is 0 Å². The maximum Gasteiger partial charge on any atom is 0.251 e. The van der Waals surface area contributed by atoms with Crippen molar-refractivity contribution in [3.8, 4) is 17.1 Å². The number of rotatable bonds is 10. The van der Waals surface area contributed by atoms with Crippen LogP contribution in [0.1, 0.15) is 22.8 Å². The second kappa shape index (κ2) is 11.5. The Morgan fingerprint density at radius 1 is 0.848 bits per heavy atom. The summed E-state index contributed by atoms with van der Waals surface area (Å²) in [7, 11) is 0. The maximum absolute atomic E-state index is 12.3. The maximum atomic E-state index is 12.3. The van der Waals surface area contributed by atoms with E-state index in [1.807, 2.05) is 30.3 Å². The van der Waals surface area contributed by atoms with Crippen LogP contribution in [0.15, 0.2) is 54.6 Å². The minimum Gasteiger partial charge on any atom is -0.508 e. The minimum absolute atomic E-state index is 0.0882. The number of aromatic nitrogens is 2. The van der Waals surface area contributed by atoms with E-state index in [1.54, 1.807) is 25.1 Å². The summed E-state index contributed by atoms with van der Waals surface area (Å²) in [5.74, 6) is 1.52. The number of aryl methyl sites for hydroxylation is 1. The largest absolute Gasteiger partial charge is 0.508 e. The summed E-state index contributed by atoms with van der Waals surface area (Å²) >= 11 is 0. The van der Waals surface area contributed by atoms with Gasteiger partial charge in [-0.25, -0.2) is 9.97 Å². The first-order valence-electron chi connectivity index (χ1n) is 10.7. The van der Waals surface area contributed by atoms with Gasteiger partial charge in [0.15, 0.2) is 5.82 Å². The number of carbonyl (C=O) groups is 2. The molecule has 3 aromatic rings. The van der Waals surface area contributed by atoms with Crippen molar-refractivity contribution in [3.63, 3.8) is 0 Å². The molecule has 0 saturated carbocycles. The fraction of sp³-hybridized carbons (Fsp3) is 0.250. The molecule has 1 heterocycles. The van der Waals surface area contributed by atoms with Gasteiger partial charge in [0.25, 0.3) is 5.91 Å². The van der Waals surface area contributed by atoms with Crippen molar-refractivity contribution < 1.29 is 14.7 Å². The van der Waals surface area contributed by atoms with Crippen LogP contribution in [0.4, 0.5) is 11.6 Å². The standard InChI is InChI=1S/C24H28N6O3/c1-16-8-9-19(14-20(16)32)24(33)28-13-12-27-22-15-21(26-11-10-25-17(2)31)29-23(30-22)18-6-4-3-5-7-18/h3-9,14-15,32H,10-13H2,1-2H3,(H,25,31)(H,28,33)(H2,26,27,29,30). The monoisotopic (exact) mass is 448 g/mol. The number of amides is 2. The highest BCUT2D eigenvalue weighted by atomic mass is 16.3. The highest BCUT2D eigenvalue weighted by molar-refractivity contribution is 5.94. The van der Waals surface area contributed by atoms with Crippen LogP contribution in [-0.4, -0.2) is 53.1 Å². The van der Waals surface area contributed by atoms with Crippen LogP contribution in [0.3, 0.4) is 0 Å². The number of phenols is 1. The van der Waals surface area contributed by atoms with E-state index >= 15 is 0 Å². The Balaban J connectivity index is 1.61. The molecule has 0 spiro atoms. The lowest BCUT2D eigenvalue weighted by Crippen LogP contribution is -2.29. The zero-order valence-corrected chi connectivity index (χ0v) is 18.7. The molecule has 1 aromatic heterocycles. The first-order valence-corrected chi connectivity index (χ1v) is 10.7. The molecular weight excluding hydrogens is 420 g/mol. The number of aromatic hydroxyl groups is 1. The van der Waals surface area contributed by atoms with Gasteiger partial charge in [-0.2, -0.15) is 0 Å². The summed E-state index contributed by atoms with van der Waals surface area (Å²) in [6, 6.07) is 16.2. The number of nitrogens with zero attached hydrogens (tertiary/aromatic N) is 2. The number of carbonyl (C=O) groups excluding carboxylic acids is 2. The third-order valence-electron chi connectivity index (χ3n) is 4.75. The van der Waals surface area contributed by atoms with E-state index in [-0.39, 0.29) is 17.6 Å². The topological polar surface area (TPSA) is 128 Å². The number of phenolic OH excluding ortho intramolecular Hbond substituents is 1. The average molecular weight is 449 g/mol. The van der Waals surface area contributed by atoms with Crippen molar-refractivity contribution in [1.82, 2.24) is 20.6 Å². The van der Waals surface area contributed by atoms with Gasteiger partial charge in [-0.1, -0.05) is 36.4 Å². The van der Waals surface area contributed by atoms with Gasteiger partial charge in [-0.3, -0.25) is 9.59 Å². The fourth-order valence-corrected chi connectivity index (χ4v) is 2.99. The molecule has 0 aliphatic rings. The van der Waals surface area contributed by atoms with Gasteiger partial charge in [-0.05, 0) is 24.6 Å². The number of benzene rings is 2. The molecule has 0 fully saturated rings. The van der Waals surface area contributed by atoms with Crippen LogP contribution in [0.5, 0.6) is 5.75 Å². The van der Waals surface area contributed by atoms with Crippen LogP contribution in [0.2, 0.25) is 0 Å². The smallest absolute Gasteiger partial charge is 0.251 e. The third-order valence-corrected chi connectivity index (χ3v) is 4.75. The van der Waals surface area contributed by atoms with E-state index in [1.165, 1.54) is 13.0 Å². The predicted octanol–water partition coefficient (Wildman–Crippen LogP) is 2.55. The van der Waals surface area contributed by atoms with Crippen molar-refractivity contribution in [3.05, 3.63) is 65.7 Å². The Labute approximate surface area is 192 Å². The van der Waals surface area contributed by atoms with Crippen LogP contribution in [0, 0.1) is 6.92 Å². The summed E-state index contributed by atoms with van der Waals surface area (Å²) in [4.78, 5) is 32.5. The Bertz CT molecular complexity index is 1100. The van der Waals surface area contributed by atoms with Gasteiger partial charge in [-0.15, -0.1) is 0 Å². The van der Waals surface area contributed by atoms with Crippen LogP contribution < -0.4 is 21.3 Å². The second-order valence-corrected chi connectivity index (χ2v) is 7.42. The van der Waals surface area contributed by atoms with Gasteiger partial charge in [0.05, 0.1) is 0 Å². The molecule has 3 rings (SSSR count). The minimum atomic E-state index is -0.264. The SMILES string of the molecule is CC(=O)NCCNc1cc(NCCNC(=O)c2ccc(C)c(O)c2)nc(-c2ccccc2)n1. The fourth-order valence-electron chi connectivity index (χ4n) is 2.99. The first kappa shape index (κ1) is 23.5. The third kappa shape index (κ3) is 7.20. The molecule has 0 aliphatic carbocycles. The highest BCUT2D eigenvalue weighted by Crippen LogP contribution is 2.20. The molecule has 0 saturated heterocycles. The van der Waals surface area contributed by atoms with Crippen molar-refractivity contribution in [2.75, 3.05) is 36.8 Å². The molecule has 2 amide bonds. The van der Waals surface area contributed by atoms with Gasteiger partial charge >= 0.3 is 0 Å². The first-order chi connectivity index (χ1) is 15.9. The molecule has 172 valence electrons. The van der Waals surface area contributed by atoms with Gasteiger partial charge < -0.3 is 26.4 Å². The zero-order chi connectivity index (χ0) is 23.6. The number of hydrogen-bond acceptors (Lipinski definition) is 7. The lowest BCUT2D eigenvalue weighted by molar-refractivity contribution is -0.118. The van der Waals surface area contributed by atoms with Gasteiger partial charge in [0.2, 0.25) is 5.91 Å². The van der Waals surface area contributed by atoms with E-state index in [4.69, 9.17) is 0 Å². The predicted molar refractivity (Wildman–Crippen MR) is 128 cm³/mol. The molecule has 0 atom stereocenters. The van der Waals surface area contributed by atoms with Crippen molar-refractivity contribution in [2.24, 2.45) is 0 Å². The van der Waals surface area contributed by atoms with Crippen LogP contribution in [0.25, 0.3) is 11.4 Å².